The first-order valence-electron chi connectivity index (χ1n) is 5.57. The number of hydrogen-bond donors (Lipinski definition) is 1. The summed E-state index contributed by atoms with van der Waals surface area (Å²) in [6.45, 7) is 0. The van der Waals surface area contributed by atoms with E-state index in [0.29, 0.717) is 5.82 Å². The topological polar surface area (TPSA) is 64.0 Å². The number of nitrogens with zero attached hydrogens (tertiary/aromatic N) is 2. The maximum atomic E-state index is 11.5. The number of aryl methyl sites for hydroxylation is 1. The van der Waals surface area contributed by atoms with Crippen LogP contribution in [0.4, 0.5) is 0 Å². The molecule has 0 radical (unpaired) electrons. The molecule has 5 nitrogen and oxygen atoms in total. The van der Waals surface area contributed by atoms with Crippen molar-refractivity contribution in [2.24, 2.45) is 7.05 Å². The molecule has 0 saturated heterocycles. The third-order valence-electron chi connectivity index (χ3n) is 2.65. The summed E-state index contributed by atoms with van der Waals surface area (Å²) in [6.07, 6.45) is 4.57. The minimum Gasteiger partial charge on any atom is -0.336 e. The number of imidazole rings is 1. The number of nitrogens with one attached hydrogen (secondary N) is 1. The van der Waals surface area contributed by atoms with Crippen LogP contribution in [0.2, 0.25) is 0 Å². The largest absolute Gasteiger partial charge is 0.336 e. The van der Waals surface area contributed by atoms with E-state index in [9.17, 15) is 8.42 Å². The van der Waals surface area contributed by atoms with E-state index >= 15 is 0 Å². The molecule has 0 spiro atoms. The third kappa shape index (κ3) is 3.65. The van der Waals surface area contributed by atoms with Gasteiger partial charge in [-0.25, -0.2) is 18.1 Å². The van der Waals surface area contributed by atoms with Gasteiger partial charge >= 0.3 is 0 Å². The summed E-state index contributed by atoms with van der Waals surface area (Å²) >= 11 is 3.36. The van der Waals surface area contributed by atoms with Crippen LogP contribution in [0.3, 0.4) is 0 Å². The lowest BCUT2D eigenvalue weighted by Gasteiger charge is -2.17. The molecule has 7 heteroatoms. The van der Waals surface area contributed by atoms with Crippen molar-refractivity contribution in [1.82, 2.24) is 14.3 Å². The summed E-state index contributed by atoms with van der Waals surface area (Å²) in [4.78, 5) is 4.22. The van der Waals surface area contributed by atoms with Gasteiger partial charge in [-0.05, 0) is 17.7 Å². The molecule has 0 aliphatic rings. The van der Waals surface area contributed by atoms with Crippen LogP contribution in [0.5, 0.6) is 0 Å². The van der Waals surface area contributed by atoms with E-state index in [1.54, 1.807) is 17.0 Å². The molecule has 1 aromatic heterocycles. The van der Waals surface area contributed by atoms with E-state index in [-0.39, 0.29) is 0 Å². The van der Waals surface area contributed by atoms with Crippen molar-refractivity contribution < 1.29 is 8.42 Å². The molecular weight excluding hydrogens is 330 g/mol. The Hall–Kier alpha value is -1.18. The second-order valence-electron chi connectivity index (χ2n) is 4.27. The fourth-order valence-corrected chi connectivity index (χ4v) is 2.73. The number of halogens is 1. The molecule has 0 amide bonds. The summed E-state index contributed by atoms with van der Waals surface area (Å²) in [7, 11) is -1.51. The molecule has 0 saturated carbocycles. The van der Waals surface area contributed by atoms with Crippen molar-refractivity contribution in [3.8, 4) is 0 Å². The molecule has 0 aliphatic carbocycles. The molecule has 102 valence electrons. The maximum absolute atomic E-state index is 11.5. The van der Waals surface area contributed by atoms with Crippen molar-refractivity contribution in [3.63, 3.8) is 0 Å². The number of hydrogen-bond acceptors (Lipinski definition) is 3. The van der Waals surface area contributed by atoms with Crippen LogP contribution in [-0.4, -0.2) is 24.2 Å². The van der Waals surface area contributed by atoms with Gasteiger partial charge in [0.1, 0.15) is 11.9 Å². The zero-order valence-corrected chi connectivity index (χ0v) is 12.9. The fraction of sp³-hybridized carbons (Fsp3) is 0.250. The van der Waals surface area contributed by atoms with E-state index in [0.717, 1.165) is 16.3 Å². The van der Waals surface area contributed by atoms with Gasteiger partial charge in [0.25, 0.3) is 0 Å². The second kappa shape index (κ2) is 5.44. The summed E-state index contributed by atoms with van der Waals surface area (Å²) in [5, 5.41) is 0. The Morgan fingerprint density at radius 3 is 2.42 bits per heavy atom. The van der Waals surface area contributed by atoms with Gasteiger partial charge in [-0.2, -0.15) is 0 Å². The Morgan fingerprint density at radius 1 is 1.32 bits per heavy atom. The van der Waals surface area contributed by atoms with Crippen LogP contribution in [0.25, 0.3) is 0 Å². The highest BCUT2D eigenvalue weighted by molar-refractivity contribution is 9.10. The highest BCUT2D eigenvalue weighted by atomic mass is 79.9. The Kier molecular flexibility index (Phi) is 4.07. The lowest BCUT2D eigenvalue weighted by atomic mass is 10.1. The van der Waals surface area contributed by atoms with Crippen molar-refractivity contribution >= 4 is 26.0 Å². The van der Waals surface area contributed by atoms with Crippen LogP contribution >= 0.6 is 15.9 Å². The molecule has 1 atom stereocenters. The Labute approximate surface area is 120 Å². The average Bonchev–Trinajstić information content (AvgIpc) is 2.72. The van der Waals surface area contributed by atoms with E-state index < -0.39 is 16.1 Å². The van der Waals surface area contributed by atoms with Gasteiger partial charge < -0.3 is 4.57 Å². The lowest BCUT2D eigenvalue weighted by molar-refractivity contribution is 0.568. The molecule has 0 fully saturated rings. The predicted molar refractivity (Wildman–Crippen MR) is 77.2 cm³/mol. The molecule has 19 heavy (non-hydrogen) atoms. The van der Waals surface area contributed by atoms with Crippen molar-refractivity contribution in [2.75, 3.05) is 6.26 Å². The monoisotopic (exact) mass is 343 g/mol. The van der Waals surface area contributed by atoms with E-state index in [4.69, 9.17) is 0 Å². The van der Waals surface area contributed by atoms with Crippen LogP contribution < -0.4 is 4.72 Å². The number of rotatable bonds is 4. The minimum atomic E-state index is -3.34. The van der Waals surface area contributed by atoms with E-state index in [1.807, 2.05) is 31.3 Å². The zero-order valence-electron chi connectivity index (χ0n) is 10.5. The van der Waals surface area contributed by atoms with Gasteiger partial charge in [0.2, 0.25) is 10.0 Å². The van der Waals surface area contributed by atoms with Gasteiger partial charge in [0, 0.05) is 23.9 Å². The molecule has 0 bridgehead atoms. The van der Waals surface area contributed by atoms with Crippen molar-refractivity contribution in [2.45, 2.75) is 6.04 Å². The minimum absolute atomic E-state index is 0.497. The summed E-state index contributed by atoms with van der Waals surface area (Å²) in [5.41, 5.74) is 0.836. The number of benzene rings is 1. The molecule has 2 aromatic rings. The van der Waals surface area contributed by atoms with Gasteiger partial charge in [-0.15, -0.1) is 0 Å². The highest BCUT2D eigenvalue weighted by Gasteiger charge is 2.21. The Morgan fingerprint density at radius 2 is 1.95 bits per heavy atom. The fourth-order valence-electron chi connectivity index (χ4n) is 1.79. The van der Waals surface area contributed by atoms with E-state index in [2.05, 4.69) is 25.6 Å². The van der Waals surface area contributed by atoms with Crippen LogP contribution in [0.15, 0.2) is 41.1 Å². The van der Waals surface area contributed by atoms with Gasteiger partial charge in [0.05, 0.1) is 6.26 Å². The maximum Gasteiger partial charge on any atom is 0.209 e. The zero-order chi connectivity index (χ0) is 14.0. The summed E-state index contributed by atoms with van der Waals surface area (Å²) in [6, 6.07) is 6.97. The van der Waals surface area contributed by atoms with Crippen LogP contribution in [-0.2, 0) is 17.1 Å². The van der Waals surface area contributed by atoms with Gasteiger partial charge in [-0.1, -0.05) is 28.1 Å². The Balaban J connectivity index is 2.46. The van der Waals surface area contributed by atoms with E-state index in [1.165, 1.54) is 0 Å². The molecule has 2 rings (SSSR count). The standard InChI is InChI=1S/C12H14BrN3O2S/c1-16-8-7-14-12(16)11(15-19(2,17)18)9-3-5-10(13)6-4-9/h3-8,11,15H,1-2H3. The first-order valence-corrected chi connectivity index (χ1v) is 8.25. The molecule has 1 N–H and O–H groups in total. The smallest absolute Gasteiger partial charge is 0.209 e. The third-order valence-corrected chi connectivity index (χ3v) is 3.84. The molecule has 0 aliphatic heterocycles. The quantitative estimate of drug-likeness (QED) is 0.920. The lowest BCUT2D eigenvalue weighted by Crippen LogP contribution is -2.30. The molecule has 1 aromatic carbocycles. The predicted octanol–water partition coefficient (Wildman–Crippen LogP) is 1.82. The molecule has 1 unspecified atom stereocenters. The van der Waals surface area contributed by atoms with Gasteiger partial charge in [0.15, 0.2) is 0 Å². The molecule has 1 heterocycles. The van der Waals surface area contributed by atoms with Crippen molar-refractivity contribution in [3.05, 3.63) is 52.5 Å². The second-order valence-corrected chi connectivity index (χ2v) is 6.97. The van der Waals surface area contributed by atoms with Crippen LogP contribution in [0.1, 0.15) is 17.4 Å². The van der Waals surface area contributed by atoms with Gasteiger partial charge in [-0.3, -0.25) is 0 Å². The number of aromatic nitrogens is 2. The first kappa shape index (κ1) is 14.2. The SMILES string of the molecule is Cn1ccnc1C(NS(C)(=O)=O)c1ccc(Br)cc1. The normalized spacial score (nSPS) is 13.4. The first-order chi connectivity index (χ1) is 8.87. The van der Waals surface area contributed by atoms with Crippen LogP contribution in [0, 0.1) is 0 Å². The summed E-state index contributed by atoms with van der Waals surface area (Å²) in [5.74, 6) is 0.646. The van der Waals surface area contributed by atoms with Crippen molar-refractivity contribution in [1.29, 1.82) is 0 Å². The average molecular weight is 344 g/mol. The number of sulfonamides is 1. The highest BCUT2D eigenvalue weighted by Crippen LogP contribution is 2.22. The molecular formula is C12H14BrN3O2S. The summed E-state index contributed by atoms with van der Waals surface area (Å²) < 4.78 is 28.4. The Bertz CT molecular complexity index is 665.